The largest absolute Gasteiger partial charge is 0.347 e. The predicted molar refractivity (Wildman–Crippen MR) is 93.5 cm³/mol. The van der Waals surface area contributed by atoms with Gasteiger partial charge in [0.1, 0.15) is 0 Å². The second kappa shape index (κ2) is 6.53. The summed E-state index contributed by atoms with van der Waals surface area (Å²) in [7, 11) is 0. The van der Waals surface area contributed by atoms with Crippen LogP contribution < -0.4 is 5.32 Å². The molecule has 0 saturated carbocycles. The summed E-state index contributed by atoms with van der Waals surface area (Å²) in [5.41, 5.74) is 3.62. The number of amides is 1. The van der Waals surface area contributed by atoms with Gasteiger partial charge < -0.3 is 5.32 Å². The first-order valence-electron chi connectivity index (χ1n) is 7.51. The molecule has 0 radical (unpaired) electrons. The van der Waals surface area contributed by atoms with E-state index in [1.807, 2.05) is 57.2 Å². The average Bonchev–Trinajstić information content (AvgIpc) is 2.47. The molecule has 2 rings (SSSR count). The second-order valence-electron chi connectivity index (χ2n) is 6.29. The molecule has 0 atom stereocenters. The zero-order valence-corrected chi connectivity index (χ0v) is 14.3. The maximum absolute atomic E-state index is 12.5. The minimum Gasteiger partial charge on any atom is -0.347 e. The zero-order valence-electron chi connectivity index (χ0n) is 13.5. The smallest absolute Gasteiger partial charge is 0.251 e. The van der Waals surface area contributed by atoms with Crippen molar-refractivity contribution in [3.8, 4) is 11.1 Å². The first-order valence-corrected chi connectivity index (χ1v) is 7.89. The number of aryl methyl sites for hydroxylation is 1. The van der Waals surface area contributed by atoms with Crippen molar-refractivity contribution in [1.82, 2.24) is 5.32 Å². The van der Waals surface area contributed by atoms with E-state index >= 15 is 0 Å². The summed E-state index contributed by atoms with van der Waals surface area (Å²) in [4.78, 5) is 12.5. The van der Waals surface area contributed by atoms with Crippen LogP contribution in [0.15, 0.2) is 42.5 Å². The Balaban J connectivity index is 2.34. The summed E-state index contributed by atoms with van der Waals surface area (Å²) in [6, 6.07) is 13.6. The number of nitrogens with one attached hydrogen (secondary N) is 1. The molecule has 1 N–H and O–H groups in total. The topological polar surface area (TPSA) is 29.1 Å². The lowest BCUT2D eigenvalue weighted by Crippen LogP contribution is -2.42. The van der Waals surface area contributed by atoms with Crippen LogP contribution in [0.2, 0.25) is 5.02 Å². The van der Waals surface area contributed by atoms with E-state index in [1.165, 1.54) is 0 Å². The van der Waals surface area contributed by atoms with Gasteiger partial charge in [-0.25, -0.2) is 0 Å². The number of carbonyl (C=O) groups is 1. The summed E-state index contributed by atoms with van der Waals surface area (Å²) in [6.07, 6.45) is 0.884. The molecule has 0 aliphatic carbocycles. The molecule has 116 valence electrons. The molecule has 0 saturated heterocycles. The molecule has 0 unspecified atom stereocenters. The molecular weight excluding hydrogens is 294 g/mol. The average molecular weight is 316 g/mol. The molecule has 2 aromatic rings. The van der Waals surface area contributed by atoms with Crippen LogP contribution in [0.25, 0.3) is 11.1 Å². The molecule has 1 amide bonds. The van der Waals surface area contributed by atoms with Crippen molar-refractivity contribution >= 4 is 17.5 Å². The minimum absolute atomic E-state index is 0.0363. The molecule has 3 heteroatoms. The standard InChI is InChI=1S/C19H22ClNO/c1-5-19(3,4)21-18(22)16-11-13(2)10-15(12-16)14-6-8-17(20)9-7-14/h6-12H,5H2,1-4H3,(H,21,22). The summed E-state index contributed by atoms with van der Waals surface area (Å²) in [6.45, 7) is 8.12. The highest BCUT2D eigenvalue weighted by Crippen LogP contribution is 2.24. The molecule has 0 bridgehead atoms. The van der Waals surface area contributed by atoms with E-state index in [1.54, 1.807) is 0 Å². The molecular formula is C19H22ClNO. The quantitative estimate of drug-likeness (QED) is 0.822. The lowest BCUT2D eigenvalue weighted by molar-refractivity contribution is 0.0911. The van der Waals surface area contributed by atoms with Crippen LogP contribution in [0.5, 0.6) is 0 Å². The van der Waals surface area contributed by atoms with Crippen molar-refractivity contribution in [2.24, 2.45) is 0 Å². The van der Waals surface area contributed by atoms with Crippen molar-refractivity contribution in [1.29, 1.82) is 0 Å². The van der Waals surface area contributed by atoms with Gasteiger partial charge in [0.15, 0.2) is 0 Å². The van der Waals surface area contributed by atoms with Gasteiger partial charge in [0.2, 0.25) is 0 Å². The molecule has 2 nitrogen and oxygen atoms in total. The maximum atomic E-state index is 12.5. The SMILES string of the molecule is CCC(C)(C)NC(=O)c1cc(C)cc(-c2ccc(Cl)cc2)c1. The molecule has 2 aromatic carbocycles. The van der Waals surface area contributed by atoms with E-state index in [9.17, 15) is 4.79 Å². The first-order chi connectivity index (χ1) is 10.3. The minimum atomic E-state index is -0.207. The third-order valence-corrected chi connectivity index (χ3v) is 4.10. The van der Waals surface area contributed by atoms with Gasteiger partial charge in [-0.2, -0.15) is 0 Å². The van der Waals surface area contributed by atoms with Crippen molar-refractivity contribution in [2.45, 2.75) is 39.7 Å². The fraction of sp³-hybridized carbons (Fsp3) is 0.316. The van der Waals surface area contributed by atoms with E-state index in [0.29, 0.717) is 10.6 Å². The lowest BCUT2D eigenvalue weighted by atomic mass is 9.98. The van der Waals surface area contributed by atoms with Crippen LogP contribution in [-0.2, 0) is 0 Å². The summed E-state index contributed by atoms with van der Waals surface area (Å²) < 4.78 is 0. The monoisotopic (exact) mass is 315 g/mol. The van der Waals surface area contributed by atoms with Crippen LogP contribution in [0, 0.1) is 6.92 Å². The molecule has 0 heterocycles. The molecule has 0 aromatic heterocycles. The van der Waals surface area contributed by atoms with Gasteiger partial charge in [0, 0.05) is 16.1 Å². The third-order valence-electron chi connectivity index (χ3n) is 3.85. The van der Waals surface area contributed by atoms with Crippen molar-refractivity contribution in [2.75, 3.05) is 0 Å². The highest BCUT2D eigenvalue weighted by molar-refractivity contribution is 6.30. The third kappa shape index (κ3) is 4.11. The van der Waals surface area contributed by atoms with Gasteiger partial charge in [0.25, 0.3) is 5.91 Å². The van der Waals surface area contributed by atoms with E-state index < -0.39 is 0 Å². The summed E-state index contributed by atoms with van der Waals surface area (Å²) in [5.74, 6) is -0.0363. The number of hydrogen-bond donors (Lipinski definition) is 1. The Bertz CT molecular complexity index is 674. The number of hydrogen-bond acceptors (Lipinski definition) is 1. The highest BCUT2D eigenvalue weighted by atomic mass is 35.5. The van der Waals surface area contributed by atoms with Crippen LogP contribution >= 0.6 is 11.6 Å². The zero-order chi connectivity index (χ0) is 16.3. The Morgan fingerprint density at radius 2 is 1.73 bits per heavy atom. The molecule has 0 spiro atoms. The molecule has 22 heavy (non-hydrogen) atoms. The Kier molecular flexibility index (Phi) is 4.92. The Hall–Kier alpha value is -1.80. The van der Waals surface area contributed by atoms with Crippen LogP contribution in [0.1, 0.15) is 43.1 Å². The Labute approximate surface area is 137 Å². The Morgan fingerprint density at radius 1 is 1.09 bits per heavy atom. The number of rotatable bonds is 4. The van der Waals surface area contributed by atoms with Gasteiger partial charge in [-0.05, 0) is 68.1 Å². The highest BCUT2D eigenvalue weighted by Gasteiger charge is 2.19. The fourth-order valence-electron chi connectivity index (χ4n) is 2.19. The van der Waals surface area contributed by atoms with Gasteiger partial charge in [-0.3, -0.25) is 4.79 Å². The van der Waals surface area contributed by atoms with Crippen LogP contribution in [0.3, 0.4) is 0 Å². The van der Waals surface area contributed by atoms with Gasteiger partial charge >= 0.3 is 0 Å². The van der Waals surface area contributed by atoms with Gasteiger partial charge in [-0.15, -0.1) is 0 Å². The van der Waals surface area contributed by atoms with Crippen molar-refractivity contribution in [3.63, 3.8) is 0 Å². The Morgan fingerprint density at radius 3 is 2.32 bits per heavy atom. The number of halogens is 1. The van der Waals surface area contributed by atoms with E-state index in [4.69, 9.17) is 11.6 Å². The van der Waals surface area contributed by atoms with Crippen molar-refractivity contribution < 1.29 is 4.79 Å². The van der Waals surface area contributed by atoms with E-state index in [0.717, 1.165) is 23.1 Å². The van der Waals surface area contributed by atoms with Gasteiger partial charge in [0.05, 0.1) is 0 Å². The summed E-state index contributed by atoms with van der Waals surface area (Å²) in [5, 5.41) is 3.78. The van der Waals surface area contributed by atoms with Crippen LogP contribution in [-0.4, -0.2) is 11.4 Å². The van der Waals surface area contributed by atoms with Crippen LogP contribution in [0.4, 0.5) is 0 Å². The first kappa shape index (κ1) is 16.6. The van der Waals surface area contributed by atoms with Crippen molar-refractivity contribution in [3.05, 3.63) is 58.6 Å². The van der Waals surface area contributed by atoms with Gasteiger partial charge in [-0.1, -0.05) is 36.7 Å². The fourth-order valence-corrected chi connectivity index (χ4v) is 2.32. The lowest BCUT2D eigenvalue weighted by Gasteiger charge is -2.24. The molecule has 0 aliphatic heterocycles. The van der Waals surface area contributed by atoms with E-state index in [2.05, 4.69) is 18.3 Å². The maximum Gasteiger partial charge on any atom is 0.251 e. The number of benzene rings is 2. The number of carbonyl (C=O) groups excluding carboxylic acids is 1. The van der Waals surface area contributed by atoms with E-state index in [-0.39, 0.29) is 11.4 Å². The molecule has 0 fully saturated rings. The summed E-state index contributed by atoms with van der Waals surface area (Å²) >= 11 is 5.94. The second-order valence-corrected chi connectivity index (χ2v) is 6.72. The predicted octanol–water partition coefficient (Wildman–Crippen LogP) is 5.23. The molecule has 0 aliphatic rings. The normalized spacial score (nSPS) is 11.3.